The van der Waals surface area contributed by atoms with E-state index in [4.69, 9.17) is 4.74 Å². The molecule has 0 spiro atoms. The zero-order chi connectivity index (χ0) is 37.0. The van der Waals surface area contributed by atoms with Gasteiger partial charge in [-0.15, -0.1) is 0 Å². The van der Waals surface area contributed by atoms with E-state index < -0.39 is 66.7 Å². The van der Waals surface area contributed by atoms with Crippen molar-refractivity contribution in [3.8, 4) is 11.6 Å². The van der Waals surface area contributed by atoms with Gasteiger partial charge in [-0.3, -0.25) is 24.0 Å². The molecule has 1 aromatic carbocycles. The molecule has 4 N–H and O–H groups in total. The molecule has 3 unspecified atom stereocenters. The van der Waals surface area contributed by atoms with Gasteiger partial charge in [-0.25, -0.2) is 18.3 Å². The number of piperazine rings is 1. The summed E-state index contributed by atoms with van der Waals surface area (Å²) in [7, 11) is 0. The predicted molar refractivity (Wildman–Crippen MR) is 178 cm³/mol. The average molecular weight is 729 g/mol. The number of likely N-dealkylation sites (tertiary alicyclic amines) is 1. The lowest BCUT2D eigenvalue weighted by Crippen LogP contribution is -2.56. The number of hydrogen-bond acceptors (Lipinski definition) is 8. The fourth-order valence-electron chi connectivity index (χ4n) is 6.53. The lowest BCUT2D eigenvalue weighted by Gasteiger charge is -2.35. The first-order chi connectivity index (χ1) is 24.9. The molecule has 2 aliphatic carbocycles. The van der Waals surface area contributed by atoms with E-state index in [1.165, 1.54) is 20.5 Å². The van der Waals surface area contributed by atoms with Crippen molar-refractivity contribution in [1.82, 2.24) is 40.4 Å². The van der Waals surface area contributed by atoms with Crippen LogP contribution < -0.4 is 20.7 Å². The summed E-state index contributed by atoms with van der Waals surface area (Å²) in [6.07, 6.45) is 2.30. The van der Waals surface area contributed by atoms with Crippen molar-refractivity contribution < 1.29 is 47.4 Å². The molecule has 0 radical (unpaired) electrons. The molecule has 16 nitrogen and oxygen atoms in total. The summed E-state index contributed by atoms with van der Waals surface area (Å²) in [6.45, 7) is 0.0119. The van der Waals surface area contributed by atoms with E-state index >= 15 is 0 Å². The van der Waals surface area contributed by atoms with Crippen molar-refractivity contribution in [2.75, 3.05) is 45.9 Å². The second kappa shape index (κ2) is 15.5. The highest BCUT2D eigenvalue weighted by Crippen LogP contribution is 2.48. The summed E-state index contributed by atoms with van der Waals surface area (Å²) in [4.78, 5) is 81.1. The van der Waals surface area contributed by atoms with Crippen LogP contribution in [-0.2, 0) is 19.2 Å². The molecule has 18 heteroatoms. The zero-order valence-electron chi connectivity index (χ0n) is 28.5. The Balaban J connectivity index is 1.14. The Hall–Kier alpha value is -5.29. The molecule has 2 saturated heterocycles. The van der Waals surface area contributed by atoms with Gasteiger partial charge < -0.3 is 40.5 Å². The van der Waals surface area contributed by atoms with Gasteiger partial charge >= 0.3 is 6.09 Å². The van der Waals surface area contributed by atoms with Gasteiger partial charge in [0.05, 0.1) is 5.69 Å². The van der Waals surface area contributed by atoms with E-state index in [0.717, 1.165) is 24.2 Å². The van der Waals surface area contributed by atoms with Crippen LogP contribution in [0, 0.1) is 5.92 Å². The van der Waals surface area contributed by atoms with Gasteiger partial charge in [0.1, 0.15) is 18.0 Å². The van der Waals surface area contributed by atoms with E-state index in [1.807, 2.05) is 0 Å². The summed E-state index contributed by atoms with van der Waals surface area (Å²) < 4.78 is 34.1. The molecule has 52 heavy (non-hydrogen) atoms. The third-order valence-corrected chi connectivity index (χ3v) is 9.92. The molecule has 0 bridgehead atoms. The smallest absolute Gasteiger partial charge is 0.407 e. The molecule has 3 heterocycles. The van der Waals surface area contributed by atoms with Crippen molar-refractivity contribution in [2.24, 2.45) is 5.92 Å². The van der Waals surface area contributed by atoms with Crippen LogP contribution in [0.25, 0.3) is 5.69 Å². The van der Waals surface area contributed by atoms with Gasteiger partial charge in [0.25, 0.3) is 17.7 Å². The molecule has 1 aromatic heterocycles. The maximum absolute atomic E-state index is 13.7. The van der Waals surface area contributed by atoms with Gasteiger partial charge in [0, 0.05) is 57.8 Å². The number of alkyl halides is 2. The second-order valence-electron chi connectivity index (χ2n) is 13.5. The lowest BCUT2D eigenvalue weighted by atomic mass is 9.93. The summed E-state index contributed by atoms with van der Waals surface area (Å²) >= 11 is 0. The Kier molecular flexibility index (Phi) is 10.9. The van der Waals surface area contributed by atoms with Crippen molar-refractivity contribution in [2.45, 2.75) is 69.0 Å². The highest BCUT2D eigenvalue weighted by Gasteiger charge is 2.61. The molecular weight excluding hydrogens is 686 g/mol. The number of para-hydroxylation sites is 1. The van der Waals surface area contributed by atoms with E-state index in [0.29, 0.717) is 25.1 Å². The van der Waals surface area contributed by atoms with Gasteiger partial charge in [-0.1, -0.05) is 18.2 Å². The van der Waals surface area contributed by atoms with Crippen molar-refractivity contribution in [1.29, 1.82) is 0 Å². The average Bonchev–Trinajstić information content (AvgIpc) is 3.45. The number of nitrogens with zero attached hydrogens (tertiary/aromatic N) is 5. The fraction of sp³-hybridized carbons (Fsp3) is 0.559. The Morgan fingerprint density at radius 1 is 0.942 bits per heavy atom. The molecule has 2 aromatic rings. The van der Waals surface area contributed by atoms with Crippen LogP contribution in [0.1, 0.15) is 55.4 Å². The molecule has 280 valence electrons. The topological polar surface area (TPSA) is 196 Å². The van der Waals surface area contributed by atoms with Crippen molar-refractivity contribution >= 4 is 35.6 Å². The molecule has 6 amide bonds. The van der Waals surface area contributed by atoms with Crippen LogP contribution in [0.15, 0.2) is 36.4 Å². The Morgan fingerprint density at radius 2 is 1.63 bits per heavy atom. The molecular formula is C34H42F2N8O8. The lowest BCUT2D eigenvalue weighted by molar-refractivity contribution is -0.140. The number of halogens is 2. The first-order valence-corrected chi connectivity index (χ1v) is 17.5. The van der Waals surface area contributed by atoms with Crippen LogP contribution in [0.5, 0.6) is 5.88 Å². The first kappa shape index (κ1) is 36.5. The number of carboxylic acid groups (broad SMARTS) is 1. The Bertz CT molecular complexity index is 1680. The highest BCUT2D eigenvalue weighted by atomic mass is 19.3. The number of nitrogens with one attached hydrogen (secondary N) is 3. The number of carbonyl (C=O) groups is 6. The van der Waals surface area contributed by atoms with Crippen LogP contribution in [0.4, 0.5) is 13.6 Å². The third kappa shape index (κ3) is 8.42. The monoisotopic (exact) mass is 728 g/mol. The summed E-state index contributed by atoms with van der Waals surface area (Å²) in [6, 6.07) is 8.31. The normalized spacial score (nSPS) is 21.5. The molecule has 4 fully saturated rings. The number of carbonyl (C=O) groups excluding carboxylic acids is 5. The van der Waals surface area contributed by atoms with E-state index in [-0.39, 0.29) is 62.7 Å². The summed E-state index contributed by atoms with van der Waals surface area (Å²) in [5.74, 6) is -7.23. The van der Waals surface area contributed by atoms with Crippen LogP contribution in [0.2, 0.25) is 0 Å². The minimum absolute atomic E-state index is 0.0460. The minimum atomic E-state index is -3.07. The predicted octanol–water partition coefficient (Wildman–Crippen LogP) is 0.993. The quantitative estimate of drug-likeness (QED) is 0.233. The SMILES string of the molecule is O=C(NC(CCNC(=O)C1CC1(F)F)C(=O)N1CCN(C(=O)O)CC1)c1cc(OCC(=O)N2CCCC2C(=O)NC2CCC2)n(-c2ccccc2)n1. The maximum Gasteiger partial charge on any atom is 0.407 e. The van der Waals surface area contributed by atoms with Crippen LogP contribution in [0.3, 0.4) is 0 Å². The summed E-state index contributed by atoms with van der Waals surface area (Å²) in [5.41, 5.74) is 0.340. The maximum atomic E-state index is 13.7. The van der Waals surface area contributed by atoms with E-state index in [9.17, 15) is 42.7 Å². The number of amides is 6. The van der Waals surface area contributed by atoms with Crippen molar-refractivity contribution in [3.05, 3.63) is 42.1 Å². The Labute approximate surface area is 297 Å². The fourth-order valence-corrected chi connectivity index (χ4v) is 6.53. The molecule has 2 aliphatic heterocycles. The van der Waals surface area contributed by atoms with Gasteiger partial charge in [-0.2, -0.15) is 5.10 Å². The second-order valence-corrected chi connectivity index (χ2v) is 13.5. The number of aromatic nitrogens is 2. The standard InChI is InChI=1S/C34H42F2N8O8/c35-34(36)19-23(34)29(46)37-12-11-24(32(49)41-14-16-42(17-15-41)33(50)51)39-30(47)25-18-28(44(40-25)22-8-2-1-3-9-22)52-20-27(45)43-13-5-10-26(43)31(48)38-21-6-4-7-21/h1-3,8-9,18,21,23-24,26H,4-7,10-17,19-20H2,(H,37,46)(H,38,48)(H,39,47)(H,50,51). The van der Waals surface area contributed by atoms with Gasteiger partial charge in [0.2, 0.25) is 23.6 Å². The van der Waals surface area contributed by atoms with Gasteiger partial charge in [0.15, 0.2) is 12.3 Å². The van der Waals surface area contributed by atoms with E-state index in [2.05, 4.69) is 21.0 Å². The van der Waals surface area contributed by atoms with Gasteiger partial charge in [-0.05, 0) is 50.7 Å². The summed E-state index contributed by atoms with van der Waals surface area (Å²) in [5, 5.41) is 21.7. The number of rotatable bonds is 13. The van der Waals surface area contributed by atoms with E-state index in [1.54, 1.807) is 30.3 Å². The highest BCUT2D eigenvalue weighted by molar-refractivity contribution is 5.96. The molecule has 6 rings (SSSR count). The van der Waals surface area contributed by atoms with Crippen LogP contribution in [-0.4, -0.2) is 135 Å². The third-order valence-electron chi connectivity index (χ3n) is 9.92. The van der Waals surface area contributed by atoms with Crippen molar-refractivity contribution in [3.63, 3.8) is 0 Å². The number of benzene rings is 1. The minimum Gasteiger partial charge on any atom is -0.467 e. The first-order valence-electron chi connectivity index (χ1n) is 17.5. The number of ether oxygens (including phenoxy) is 1. The molecule has 4 aliphatic rings. The molecule has 3 atom stereocenters. The number of hydrogen-bond donors (Lipinski definition) is 4. The van der Waals surface area contributed by atoms with Crippen LogP contribution >= 0.6 is 0 Å². The zero-order valence-corrected chi connectivity index (χ0v) is 28.5. The molecule has 2 saturated carbocycles. The Morgan fingerprint density at radius 3 is 2.27 bits per heavy atom. The largest absolute Gasteiger partial charge is 0.467 e.